The lowest BCUT2D eigenvalue weighted by Gasteiger charge is -2.22. The van der Waals surface area contributed by atoms with E-state index in [9.17, 15) is 0 Å². The Morgan fingerprint density at radius 1 is 1.39 bits per heavy atom. The quantitative estimate of drug-likeness (QED) is 0.426. The van der Waals surface area contributed by atoms with E-state index in [0.717, 1.165) is 50.8 Å². The molecule has 23 heavy (non-hydrogen) atoms. The summed E-state index contributed by atoms with van der Waals surface area (Å²) in [6.45, 7) is 5.36. The van der Waals surface area contributed by atoms with Crippen LogP contribution in [0.5, 0.6) is 5.75 Å². The van der Waals surface area contributed by atoms with Gasteiger partial charge in [0.05, 0.1) is 19.8 Å². The van der Waals surface area contributed by atoms with Crippen LogP contribution >= 0.6 is 24.0 Å². The third-order valence-corrected chi connectivity index (χ3v) is 3.74. The van der Waals surface area contributed by atoms with Gasteiger partial charge in [-0.05, 0) is 37.5 Å². The second kappa shape index (κ2) is 10.7. The number of hydrogen-bond donors (Lipinski definition) is 1. The molecule has 0 bridgehead atoms. The number of guanidine groups is 1. The Labute approximate surface area is 156 Å². The number of halogens is 1. The molecule has 1 aromatic carbocycles. The van der Waals surface area contributed by atoms with E-state index in [1.54, 1.807) is 7.11 Å². The standard InChI is InChI=1S/C17H27N3O2.HI/c1-4-18-17(19-12-16-6-5-11-22-16)20(2)13-14-7-9-15(21-3)10-8-14;/h7-10,16H,4-6,11-13H2,1-3H3,(H,18,19);1H. The van der Waals surface area contributed by atoms with E-state index in [-0.39, 0.29) is 30.1 Å². The highest BCUT2D eigenvalue weighted by atomic mass is 127. The van der Waals surface area contributed by atoms with Gasteiger partial charge >= 0.3 is 0 Å². The molecule has 1 aromatic rings. The van der Waals surface area contributed by atoms with Crippen LogP contribution in [-0.4, -0.2) is 50.8 Å². The lowest BCUT2D eigenvalue weighted by molar-refractivity contribution is 0.117. The largest absolute Gasteiger partial charge is 0.497 e. The molecular formula is C17H28IN3O2. The number of benzene rings is 1. The first-order valence-corrected chi connectivity index (χ1v) is 7.97. The summed E-state index contributed by atoms with van der Waals surface area (Å²) in [5.41, 5.74) is 1.23. The van der Waals surface area contributed by atoms with Gasteiger partial charge in [0.2, 0.25) is 0 Å². The molecule has 1 aliphatic heterocycles. The summed E-state index contributed by atoms with van der Waals surface area (Å²) in [4.78, 5) is 6.85. The summed E-state index contributed by atoms with van der Waals surface area (Å²) < 4.78 is 10.8. The van der Waals surface area contributed by atoms with Crippen molar-refractivity contribution in [3.05, 3.63) is 29.8 Å². The molecular weight excluding hydrogens is 405 g/mol. The molecule has 0 radical (unpaired) electrons. The minimum atomic E-state index is 0. The summed E-state index contributed by atoms with van der Waals surface area (Å²) in [5, 5.41) is 3.34. The number of hydrogen-bond acceptors (Lipinski definition) is 3. The Morgan fingerprint density at radius 2 is 2.13 bits per heavy atom. The van der Waals surface area contributed by atoms with Crippen molar-refractivity contribution < 1.29 is 9.47 Å². The van der Waals surface area contributed by atoms with Crippen LogP contribution in [0.3, 0.4) is 0 Å². The molecule has 0 amide bonds. The fourth-order valence-corrected chi connectivity index (χ4v) is 2.53. The SMILES string of the molecule is CCNC(=NCC1CCCO1)N(C)Cc1ccc(OC)cc1.I. The second-order valence-electron chi connectivity index (χ2n) is 5.53. The molecule has 130 valence electrons. The highest BCUT2D eigenvalue weighted by molar-refractivity contribution is 14.0. The van der Waals surface area contributed by atoms with Gasteiger partial charge in [-0.1, -0.05) is 12.1 Å². The van der Waals surface area contributed by atoms with Crippen molar-refractivity contribution in [3.63, 3.8) is 0 Å². The van der Waals surface area contributed by atoms with E-state index >= 15 is 0 Å². The van der Waals surface area contributed by atoms with Crippen LogP contribution < -0.4 is 10.1 Å². The Hall–Kier alpha value is -1.02. The molecule has 1 heterocycles. The van der Waals surface area contributed by atoms with Gasteiger partial charge in [-0.25, -0.2) is 0 Å². The van der Waals surface area contributed by atoms with Gasteiger partial charge in [-0.15, -0.1) is 24.0 Å². The zero-order valence-corrected chi connectivity index (χ0v) is 16.6. The Kier molecular flexibility index (Phi) is 9.31. The summed E-state index contributed by atoms with van der Waals surface area (Å²) in [5.74, 6) is 1.80. The first-order valence-electron chi connectivity index (χ1n) is 7.97. The number of aliphatic imine (C=N–C) groups is 1. The fourth-order valence-electron chi connectivity index (χ4n) is 2.53. The predicted molar refractivity (Wildman–Crippen MR) is 105 cm³/mol. The molecule has 1 unspecified atom stereocenters. The molecule has 1 saturated heterocycles. The first kappa shape index (κ1) is 20.0. The molecule has 0 spiro atoms. The smallest absolute Gasteiger partial charge is 0.194 e. The van der Waals surface area contributed by atoms with E-state index < -0.39 is 0 Å². The van der Waals surface area contributed by atoms with Crippen molar-refractivity contribution in [1.29, 1.82) is 0 Å². The minimum absolute atomic E-state index is 0. The maximum Gasteiger partial charge on any atom is 0.194 e. The fraction of sp³-hybridized carbons (Fsp3) is 0.588. The van der Waals surface area contributed by atoms with Gasteiger partial charge in [0.25, 0.3) is 0 Å². The molecule has 2 rings (SSSR count). The Bertz CT molecular complexity index is 473. The lowest BCUT2D eigenvalue weighted by atomic mass is 10.2. The number of rotatable bonds is 6. The topological polar surface area (TPSA) is 46.1 Å². The van der Waals surface area contributed by atoms with Gasteiger partial charge in [0, 0.05) is 26.7 Å². The van der Waals surface area contributed by atoms with E-state index in [4.69, 9.17) is 14.5 Å². The van der Waals surface area contributed by atoms with E-state index in [1.807, 2.05) is 12.1 Å². The van der Waals surface area contributed by atoms with Gasteiger partial charge in [-0.2, -0.15) is 0 Å². The highest BCUT2D eigenvalue weighted by Crippen LogP contribution is 2.14. The highest BCUT2D eigenvalue weighted by Gasteiger charge is 2.15. The van der Waals surface area contributed by atoms with Gasteiger partial charge < -0.3 is 19.7 Å². The van der Waals surface area contributed by atoms with Crippen molar-refractivity contribution in [2.24, 2.45) is 4.99 Å². The summed E-state index contributed by atoms with van der Waals surface area (Å²) >= 11 is 0. The van der Waals surface area contributed by atoms with E-state index in [2.05, 4.69) is 36.3 Å². The first-order chi connectivity index (χ1) is 10.7. The molecule has 1 fully saturated rings. The van der Waals surface area contributed by atoms with Gasteiger partial charge in [-0.3, -0.25) is 4.99 Å². The maximum atomic E-state index is 5.64. The number of nitrogens with one attached hydrogen (secondary N) is 1. The van der Waals surface area contributed by atoms with Gasteiger partial charge in [0.15, 0.2) is 5.96 Å². The predicted octanol–water partition coefficient (Wildman–Crippen LogP) is 2.89. The molecule has 0 aliphatic carbocycles. The van der Waals surface area contributed by atoms with Crippen molar-refractivity contribution in [1.82, 2.24) is 10.2 Å². The number of methoxy groups -OCH3 is 1. The van der Waals surface area contributed by atoms with Crippen LogP contribution in [0.25, 0.3) is 0 Å². The lowest BCUT2D eigenvalue weighted by Crippen LogP contribution is -2.39. The number of ether oxygens (including phenoxy) is 2. The van der Waals surface area contributed by atoms with Crippen LogP contribution in [0.2, 0.25) is 0 Å². The third kappa shape index (κ3) is 6.55. The van der Waals surface area contributed by atoms with Crippen LogP contribution in [0.4, 0.5) is 0 Å². The molecule has 5 nitrogen and oxygen atoms in total. The Morgan fingerprint density at radius 3 is 2.70 bits per heavy atom. The summed E-state index contributed by atoms with van der Waals surface area (Å²) in [6.07, 6.45) is 2.55. The van der Waals surface area contributed by atoms with Gasteiger partial charge in [0.1, 0.15) is 5.75 Å². The van der Waals surface area contributed by atoms with Crippen LogP contribution in [0.1, 0.15) is 25.3 Å². The zero-order valence-electron chi connectivity index (χ0n) is 14.2. The molecule has 1 aliphatic rings. The van der Waals surface area contributed by atoms with Crippen LogP contribution in [0.15, 0.2) is 29.3 Å². The van der Waals surface area contributed by atoms with Crippen LogP contribution in [0, 0.1) is 0 Å². The minimum Gasteiger partial charge on any atom is -0.497 e. The van der Waals surface area contributed by atoms with Crippen molar-refractivity contribution >= 4 is 29.9 Å². The monoisotopic (exact) mass is 433 g/mol. The number of nitrogens with zero attached hydrogens (tertiary/aromatic N) is 2. The second-order valence-corrected chi connectivity index (χ2v) is 5.53. The van der Waals surface area contributed by atoms with Crippen molar-refractivity contribution in [2.45, 2.75) is 32.4 Å². The van der Waals surface area contributed by atoms with E-state index in [1.165, 1.54) is 5.56 Å². The summed E-state index contributed by atoms with van der Waals surface area (Å²) in [7, 11) is 3.74. The zero-order chi connectivity index (χ0) is 15.8. The maximum absolute atomic E-state index is 5.64. The molecule has 0 saturated carbocycles. The molecule has 0 aromatic heterocycles. The summed E-state index contributed by atoms with van der Waals surface area (Å²) in [6, 6.07) is 8.14. The Balaban J connectivity index is 0.00000264. The average Bonchev–Trinajstić information content (AvgIpc) is 3.05. The third-order valence-electron chi connectivity index (χ3n) is 3.74. The normalized spacial score (nSPS) is 17.5. The van der Waals surface area contributed by atoms with Crippen molar-refractivity contribution in [2.75, 3.05) is 33.9 Å². The van der Waals surface area contributed by atoms with Crippen molar-refractivity contribution in [3.8, 4) is 5.75 Å². The molecule has 1 N–H and O–H groups in total. The van der Waals surface area contributed by atoms with Crippen LogP contribution in [-0.2, 0) is 11.3 Å². The van der Waals surface area contributed by atoms with E-state index in [0.29, 0.717) is 0 Å². The molecule has 1 atom stereocenters. The average molecular weight is 433 g/mol. The molecule has 6 heteroatoms.